The summed E-state index contributed by atoms with van der Waals surface area (Å²) in [5, 5.41) is 0. The van der Waals surface area contributed by atoms with Gasteiger partial charge in [-0.15, -0.1) is 0 Å². The lowest BCUT2D eigenvalue weighted by Crippen LogP contribution is -2.28. The van der Waals surface area contributed by atoms with E-state index in [0.29, 0.717) is 6.04 Å². The lowest BCUT2D eigenvalue weighted by atomic mass is 10.1. The van der Waals surface area contributed by atoms with Crippen molar-refractivity contribution in [3.8, 4) is 0 Å². The fraction of sp³-hybridized carbons (Fsp3) is 0.533. The highest BCUT2D eigenvalue weighted by molar-refractivity contribution is 9.10. The number of Topliss-reactive ketones (excluding diaryl/α,β-unsaturated/α-hetero) is 1. The van der Waals surface area contributed by atoms with Gasteiger partial charge < -0.3 is 4.90 Å². The van der Waals surface area contributed by atoms with Crippen LogP contribution in [-0.2, 0) is 0 Å². The van der Waals surface area contributed by atoms with Gasteiger partial charge in [0.2, 0.25) is 0 Å². The maximum absolute atomic E-state index is 11.8. The third kappa shape index (κ3) is 3.14. The molecule has 0 aromatic heterocycles. The molecule has 0 saturated heterocycles. The molecule has 1 aliphatic rings. The van der Waals surface area contributed by atoms with Crippen LogP contribution < -0.4 is 4.90 Å². The van der Waals surface area contributed by atoms with Crippen LogP contribution in [0.2, 0.25) is 0 Å². The van der Waals surface area contributed by atoms with Gasteiger partial charge in [0.15, 0.2) is 5.78 Å². The average Bonchev–Trinajstić information content (AvgIpc) is 3.13. The first-order valence-electron chi connectivity index (χ1n) is 6.70. The molecule has 1 aliphatic carbocycles. The molecule has 0 aliphatic heterocycles. The molecule has 3 heteroatoms. The Bertz CT molecular complexity index is 440. The Hall–Kier alpha value is -0.830. The third-order valence-corrected chi connectivity index (χ3v) is 3.88. The highest BCUT2D eigenvalue weighted by atomic mass is 79.9. The number of halogens is 1. The lowest BCUT2D eigenvalue weighted by Gasteiger charge is -2.26. The molecule has 0 atom stereocenters. The summed E-state index contributed by atoms with van der Waals surface area (Å²) < 4.78 is 1.05. The van der Waals surface area contributed by atoms with Gasteiger partial charge in [0.05, 0.1) is 0 Å². The summed E-state index contributed by atoms with van der Waals surface area (Å²) in [7, 11) is 0. The molecular formula is C15H20BrNO. The maximum Gasteiger partial charge on any atom is 0.161 e. The third-order valence-electron chi connectivity index (χ3n) is 3.39. The number of ketones is 1. The summed E-state index contributed by atoms with van der Waals surface area (Å²) in [5.74, 6) is 0.152. The van der Waals surface area contributed by atoms with E-state index in [-0.39, 0.29) is 5.78 Å². The monoisotopic (exact) mass is 309 g/mol. The Balaban J connectivity index is 2.32. The molecule has 1 aromatic rings. The second-order valence-corrected chi connectivity index (χ2v) is 5.91. The van der Waals surface area contributed by atoms with Crippen molar-refractivity contribution in [3.05, 3.63) is 28.2 Å². The van der Waals surface area contributed by atoms with Crippen molar-refractivity contribution < 1.29 is 4.79 Å². The number of hydrogen-bond donors (Lipinski definition) is 0. The Morgan fingerprint density at radius 2 is 2.17 bits per heavy atom. The molecule has 1 aromatic carbocycles. The van der Waals surface area contributed by atoms with E-state index >= 15 is 0 Å². The Kier molecular flexibility index (Phi) is 4.44. The topological polar surface area (TPSA) is 20.3 Å². The van der Waals surface area contributed by atoms with Crippen LogP contribution >= 0.6 is 15.9 Å². The fourth-order valence-corrected chi connectivity index (χ4v) is 2.60. The van der Waals surface area contributed by atoms with Gasteiger partial charge in [0.25, 0.3) is 0 Å². The number of nitrogens with zero attached hydrogens (tertiary/aromatic N) is 1. The van der Waals surface area contributed by atoms with E-state index in [1.54, 1.807) is 6.92 Å². The molecule has 0 amide bonds. The van der Waals surface area contributed by atoms with Crippen LogP contribution in [0.4, 0.5) is 5.69 Å². The smallest absolute Gasteiger partial charge is 0.161 e. The van der Waals surface area contributed by atoms with Crippen LogP contribution in [-0.4, -0.2) is 18.4 Å². The van der Waals surface area contributed by atoms with E-state index in [4.69, 9.17) is 0 Å². The number of benzene rings is 1. The van der Waals surface area contributed by atoms with Crippen molar-refractivity contribution in [3.63, 3.8) is 0 Å². The number of carbonyl (C=O) groups is 1. The first-order valence-corrected chi connectivity index (χ1v) is 7.50. The molecule has 0 bridgehead atoms. The first kappa shape index (κ1) is 13.6. The Morgan fingerprint density at radius 3 is 2.72 bits per heavy atom. The normalized spacial score (nSPS) is 14.6. The molecule has 2 nitrogen and oxygen atoms in total. The van der Waals surface area contributed by atoms with E-state index in [0.717, 1.165) is 22.3 Å². The lowest BCUT2D eigenvalue weighted by molar-refractivity contribution is 0.101. The maximum atomic E-state index is 11.8. The SMILES string of the molecule is CCCCN(c1cc(Br)ccc1C(C)=O)C1CC1. The van der Waals surface area contributed by atoms with Gasteiger partial charge in [-0.1, -0.05) is 29.3 Å². The van der Waals surface area contributed by atoms with Crippen molar-refractivity contribution in [1.29, 1.82) is 0 Å². The van der Waals surface area contributed by atoms with Crippen molar-refractivity contribution in [2.24, 2.45) is 0 Å². The van der Waals surface area contributed by atoms with Crippen LogP contribution in [0, 0.1) is 0 Å². The minimum atomic E-state index is 0.152. The minimum Gasteiger partial charge on any atom is -0.368 e. The zero-order chi connectivity index (χ0) is 13.1. The zero-order valence-corrected chi connectivity index (χ0v) is 12.7. The molecule has 0 radical (unpaired) electrons. The summed E-state index contributed by atoms with van der Waals surface area (Å²) in [6, 6.07) is 6.61. The Labute approximate surface area is 117 Å². The number of rotatable bonds is 6. The number of unbranched alkanes of at least 4 members (excludes halogenated alkanes) is 1. The highest BCUT2D eigenvalue weighted by Crippen LogP contribution is 2.35. The predicted octanol–water partition coefficient (Wildman–Crippen LogP) is 4.42. The van der Waals surface area contributed by atoms with E-state index in [1.165, 1.54) is 25.7 Å². The molecule has 0 unspecified atom stereocenters. The molecule has 98 valence electrons. The molecule has 1 fully saturated rings. The number of anilines is 1. The minimum absolute atomic E-state index is 0.152. The standard InChI is InChI=1S/C15H20BrNO/c1-3-4-9-17(13-6-7-13)15-10-12(16)5-8-14(15)11(2)18/h5,8,10,13H,3-4,6-7,9H2,1-2H3. The molecule has 18 heavy (non-hydrogen) atoms. The van der Waals surface area contributed by atoms with Crippen LogP contribution in [0.25, 0.3) is 0 Å². The molecule has 2 rings (SSSR count). The van der Waals surface area contributed by atoms with E-state index in [2.05, 4.69) is 33.8 Å². The Morgan fingerprint density at radius 1 is 1.44 bits per heavy atom. The summed E-state index contributed by atoms with van der Waals surface area (Å²) in [6.45, 7) is 4.91. The summed E-state index contributed by atoms with van der Waals surface area (Å²) in [4.78, 5) is 14.2. The van der Waals surface area contributed by atoms with Gasteiger partial charge in [-0.25, -0.2) is 0 Å². The zero-order valence-electron chi connectivity index (χ0n) is 11.1. The van der Waals surface area contributed by atoms with Crippen molar-refractivity contribution in [2.45, 2.75) is 45.6 Å². The summed E-state index contributed by atoms with van der Waals surface area (Å²) >= 11 is 3.51. The quantitative estimate of drug-likeness (QED) is 0.725. The van der Waals surface area contributed by atoms with Crippen LogP contribution in [0.15, 0.2) is 22.7 Å². The van der Waals surface area contributed by atoms with Gasteiger partial charge >= 0.3 is 0 Å². The number of hydrogen-bond acceptors (Lipinski definition) is 2. The largest absolute Gasteiger partial charge is 0.368 e. The summed E-state index contributed by atoms with van der Waals surface area (Å²) in [6.07, 6.45) is 4.88. The van der Waals surface area contributed by atoms with Gasteiger partial charge in [0.1, 0.15) is 0 Å². The average molecular weight is 310 g/mol. The molecule has 0 heterocycles. The van der Waals surface area contributed by atoms with E-state index < -0.39 is 0 Å². The van der Waals surface area contributed by atoms with Gasteiger partial charge in [-0.3, -0.25) is 4.79 Å². The van der Waals surface area contributed by atoms with Crippen LogP contribution in [0.3, 0.4) is 0 Å². The predicted molar refractivity (Wildman–Crippen MR) is 79.4 cm³/mol. The first-order chi connectivity index (χ1) is 8.63. The van der Waals surface area contributed by atoms with Crippen molar-refractivity contribution in [1.82, 2.24) is 0 Å². The van der Waals surface area contributed by atoms with Gasteiger partial charge in [0, 0.05) is 28.3 Å². The molecule has 0 N–H and O–H groups in total. The van der Waals surface area contributed by atoms with Crippen molar-refractivity contribution >= 4 is 27.4 Å². The highest BCUT2D eigenvalue weighted by Gasteiger charge is 2.30. The summed E-state index contributed by atoms with van der Waals surface area (Å²) in [5.41, 5.74) is 1.95. The van der Waals surface area contributed by atoms with E-state index in [1.807, 2.05) is 12.1 Å². The second kappa shape index (κ2) is 5.87. The van der Waals surface area contributed by atoms with Crippen LogP contribution in [0.1, 0.15) is 49.9 Å². The van der Waals surface area contributed by atoms with Crippen LogP contribution in [0.5, 0.6) is 0 Å². The molecule has 0 spiro atoms. The molecule has 1 saturated carbocycles. The number of carbonyl (C=O) groups excluding carboxylic acids is 1. The van der Waals surface area contributed by atoms with Gasteiger partial charge in [-0.2, -0.15) is 0 Å². The molecular weight excluding hydrogens is 290 g/mol. The fourth-order valence-electron chi connectivity index (χ4n) is 2.25. The van der Waals surface area contributed by atoms with Crippen molar-refractivity contribution in [2.75, 3.05) is 11.4 Å². The van der Waals surface area contributed by atoms with E-state index in [9.17, 15) is 4.79 Å². The second-order valence-electron chi connectivity index (χ2n) is 5.00. The van der Waals surface area contributed by atoms with Gasteiger partial charge in [-0.05, 0) is 44.4 Å².